The molecule has 100 valence electrons. The second-order valence-corrected chi connectivity index (χ2v) is 4.47. The van der Waals surface area contributed by atoms with Gasteiger partial charge in [0.15, 0.2) is 0 Å². The van der Waals surface area contributed by atoms with Gasteiger partial charge in [0.25, 0.3) is 5.56 Å². The zero-order chi connectivity index (χ0) is 14.7. The van der Waals surface area contributed by atoms with Crippen molar-refractivity contribution in [2.75, 3.05) is 0 Å². The fourth-order valence-corrected chi connectivity index (χ4v) is 2.03. The fourth-order valence-electron chi connectivity index (χ4n) is 1.79. The van der Waals surface area contributed by atoms with Crippen LogP contribution in [-0.2, 0) is 6.54 Å². The number of carboxylic acid groups (broad SMARTS) is 1. The van der Waals surface area contributed by atoms with Crippen molar-refractivity contribution in [2.24, 2.45) is 0 Å². The number of aromatic nitrogens is 1. The molecule has 0 aliphatic rings. The molecular weight excluding hydrogens is 280 g/mol. The third-order valence-corrected chi connectivity index (χ3v) is 3.13. The third kappa shape index (κ3) is 2.71. The third-order valence-electron chi connectivity index (χ3n) is 2.78. The maximum absolute atomic E-state index is 11.8. The Morgan fingerprint density at radius 3 is 2.70 bits per heavy atom. The van der Waals surface area contributed by atoms with E-state index in [1.165, 1.54) is 24.3 Å². The van der Waals surface area contributed by atoms with Gasteiger partial charge < -0.3 is 5.11 Å². The number of benzene rings is 1. The van der Waals surface area contributed by atoms with E-state index in [0.29, 0.717) is 16.1 Å². The summed E-state index contributed by atoms with van der Waals surface area (Å²) in [5.41, 5.74) is 0.433. The van der Waals surface area contributed by atoms with Crippen LogP contribution in [0.25, 0.3) is 0 Å². The number of rotatable bonds is 3. The molecule has 0 saturated carbocycles. The average Bonchev–Trinajstić information content (AvgIpc) is 2.42. The Bertz CT molecular complexity index is 775. The molecule has 5 nitrogen and oxygen atoms in total. The van der Waals surface area contributed by atoms with E-state index in [-0.39, 0.29) is 12.2 Å². The molecule has 0 unspecified atom stereocenters. The van der Waals surface area contributed by atoms with Crippen LogP contribution in [0, 0.1) is 11.3 Å². The molecule has 20 heavy (non-hydrogen) atoms. The molecule has 0 aliphatic heterocycles. The molecule has 1 heterocycles. The summed E-state index contributed by atoms with van der Waals surface area (Å²) in [6.07, 6.45) is 0. The number of aromatic carboxylic acids is 1. The summed E-state index contributed by atoms with van der Waals surface area (Å²) in [6, 6.07) is 10.6. The standard InChI is InChI=1S/C14H9ClN2O3/c15-11-6-9(7-16)4-5-10(11)8-17-12(14(19)20)2-1-3-13(17)18/h1-6H,8H2,(H,19,20). The molecule has 0 amide bonds. The monoisotopic (exact) mass is 288 g/mol. The van der Waals surface area contributed by atoms with E-state index in [1.54, 1.807) is 12.1 Å². The summed E-state index contributed by atoms with van der Waals surface area (Å²) >= 11 is 6.03. The topological polar surface area (TPSA) is 83.1 Å². The van der Waals surface area contributed by atoms with Crippen molar-refractivity contribution in [3.63, 3.8) is 0 Å². The van der Waals surface area contributed by atoms with Gasteiger partial charge in [-0.2, -0.15) is 5.26 Å². The summed E-state index contributed by atoms with van der Waals surface area (Å²) in [7, 11) is 0. The lowest BCUT2D eigenvalue weighted by atomic mass is 10.1. The Kier molecular flexibility index (Phi) is 3.87. The smallest absolute Gasteiger partial charge is 0.352 e. The highest BCUT2D eigenvalue weighted by atomic mass is 35.5. The van der Waals surface area contributed by atoms with Crippen molar-refractivity contribution < 1.29 is 9.90 Å². The SMILES string of the molecule is N#Cc1ccc(Cn2c(C(=O)O)cccc2=O)c(Cl)c1. The number of carbonyl (C=O) groups is 1. The van der Waals surface area contributed by atoms with Crippen molar-refractivity contribution >= 4 is 17.6 Å². The molecule has 1 aromatic carbocycles. The van der Waals surface area contributed by atoms with Crippen LogP contribution in [0.5, 0.6) is 0 Å². The zero-order valence-electron chi connectivity index (χ0n) is 10.2. The van der Waals surface area contributed by atoms with E-state index >= 15 is 0 Å². The molecule has 2 aromatic rings. The van der Waals surface area contributed by atoms with Crippen LogP contribution < -0.4 is 5.56 Å². The van der Waals surface area contributed by atoms with Crippen LogP contribution in [0.1, 0.15) is 21.6 Å². The van der Waals surface area contributed by atoms with Crippen molar-refractivity contribution in [3.8, 4) is 6.07 Å². The van der Waals surface area contributed by atoms with Crippen molar-refractivity contribution in [1.82, 2.24) is 4.57 Å². The van der Waals surface area contributed by atoms with Crippen molar-refractivity contribution in [1.29, 1.82) is 5.26 Å². The van der Waals surface area contributed by atoms with Crippen LogP contribution in [0.2, 0.25) is 5.02 Å². The molecule has 1 aromatic heterocycles. The Labute approximate surface area is 119 Å². The number of nitriles is 1. The molecule has 2 rings (SSSR count). The second kappa shape index (κ2) is 5.59. The van der Waals surface area contributed by atoms with Crippen molar-refractivity contribution in [3.05, 3.63) is 68.6 Å². The number of nitrogens with zero attached hydrogens (tertiary/aromatic N) is 2. The van der Waals surface area contributed by atoms with Crippen molar-refractivity contribution in [2.45, 2.75) is 6.54 Å². The van der Waals surface area contributed by atoms with Crippen LogP contribution >= 0.6 is 11.6 Å². The molecule has 0 saturated heterocycles. The van der Waals surface area contributed by atoms with Crippen LogP contribution in [0.15, 0.2) is 41.2 Å². The highest BCUT2D eigenvalue weighted by Gasteiger charge is 2.12. The lowest BCUT2D eigenvalue weighted by molar-refractivity contribution is 0.0684. The van der Waals surface area contributed by atoms with Crippen LogP contribution in [0.3, 0.4) is 0 Å². The van der Waals surface area contributed by atoms with E-state index in [2.05, 4.69) is 0 Å². The summed E-state index contributed by atoms with van der Waals surface area (Å²) in [5, 5.41) is 18.2. The van der Waals surface area contributed by atoms with Gasteiger partial charge in [0.05, 0.1) is 18.2 Å². The van der Waals surface area contributed by atoms with E-state index in [4.69, 9.17) is 22.0 Å². The Hall–Kier alpha value is -2.58. The zero-order valence-corrected chi connectivity index (χ0v) is 11.0. The molecular formula is C14H9ClN2O3. The van der Waals surface area contributed by atoms with Crippen LogP contribution in [0.4, 0.5) is 0 Å². The lowest BCUT2D eigenvalue weighted by Gasteiger charge is -2.10. The predicted octanol–water partition coefficient (Wildman–Crippen LogP) is 2.12. The van der Waals surface area contributed by atoms with E-state index < -0.39 is 11.5 Å². The first-order valence-corrected chi connectivity index (χ1v) is 6.02. The minimum Gasteiger partial charge on any atom is -0.477 e. The first-order valence-electron chi connectivity index (χ1n) is 5.64. The Balaban J connectivity index is 2.48. The van der Waals surface area contributed by atoms with Gasteiger partial charge in [-0.3, -0.25) is 9.36 Å². The van der Waals surface area contributed by atoms with Gasteiger partial charge in [0.2, 0.25) is 0 Å². The summed E-state index contributed by atoms with van der Waals surface area (Å²) < 4.78 is 1.12. The number of hydrogen-bond donors (Lipinski definition) is 1. The number of carboxylic acids is 1. The summed E-state index contributed by atoms with van der Waals surface area (Å²) in [6.45, 7) is 0.0336. The van der Waals surface area contributed by atoms with Gasteiger partial charge in [-0.15, -0.1) is 0 Å². The molecule has 0 radical (unpaired) electrons. The fraction of sp³-hybridized carbons (Fsp3) is 0.0714. The summed E-state index contributed by atoms with van der Waals surface area (Å²) in [4.78, 5) is 22.9. The number of hydrogen-bond acceptors (Lipinski definition) is 3. The Morgan fingerprint density at radius 2 is 2.10 bits per heavy atom. The Morgan fingerprint density at radius 1 is 1.35 bits per heavy atom. The van der Waals surface area contributed by atoms with Gasteiger partial charge in [-0.25, -0.2) is 4.79 Å². The van der Waals surface area contributed by atoms with E-state index in [1.807, 2.05) is 6.07 Å². The highest BCUT2D eigenvalue weighted by Crippen LogP contribution is 2.18. The van der Waals surface area contributed by atoms with Gasteiger partial charge in [0, 0.05) is 11.1 Å². The molecule has 0 bridgehead atoms. The van der Waals surface area contributed by atoms with Gasteiger partial charge in [0.1, 0.15) is 5.69 Å². The first-order chi connectivity index (χ1) is 9.52. The first kappa shape index (κ1) is 13.8. The average molecular weight is 289 g/mol. The normalized spacial score (nSPS) is 10.0. The lowest BCUT2D eigenvalue weighted by Crippen LogP contribution is -2.25. The maximum Gasteiger partial charge on any atom is 0.352 e. The molecule has 0 aliphatic carbocycles. The minimum absolute atomic E-state index is 0.0336. The largest absolute Gasteiger partial charge is 0.477 e. The summed E-state index contributed by atoms with van der Waals surface area (Å²) in [5.74, 6) is -1.19. The quantitative estimate of drug-likeness (QED) is 0.937. The van der Waals surface area contributed by atoms with Crippen LogP contribution in [-0.4, -0.2) is 15.6 Å². The predicted molar refractivity (Wildman–Crippen MR) is 72.9 cm³/mol. The molecule has 6 heteroatoms. The van der Waals surface area contributed by atoms with Gasteiger partial charge in [-0.1, -0.05) is 23.7 Å². The van der Waals surface area contributed by atoms with E-state index in [0.717, 1.165) is 4.57 Å². The molecule has 1 N–H and O–H groups in total. The number of pyridine rings is 1. The minimum atomic E-state index is -1.19. The highest BCUT2D eigenvalue weighted by molar-refractivity contribution is 6.31. The molecule has 0 spiro atoms. The maximum atomic E-state index is 11.8. The van der Waals surface area contributed by atoms with Gasteiger partial charge >= 0.3 is 5.97 Å². The second-order valence-electron chi connectivity index (χ2n) is 4.06. The van der Waals surface area contributed by atoms with E-state index in [9.17, 15) is 9.59 Å². The molecule has 0 fully saturated rings. The molecule has 0 atom stereocenters. The number of halogens is 1. The van der Waals surface area contributed by atoms with Gasteiger partial charge in [-0.05, 0) is 23.8 Å².